The molecule has 0 radical (unpaired) electrons. The van der Waals surface area contributed by atoms with Crippen molar-refractivity contribution in [2.75, 3.05) is 20.1 Å². The van der Waals surface area contributed by atoms with E-state index in [1.807, 2.05) is 6.07 Å². The first-order valence-electron chi connectivity index (χ1n) is 6.91. The highest BCUT2D eigenvalue weighted by atomic mass is 79.9. The Hall–Kier alpha value is -0.980. The van der Waals surface area contributed by atoms with Gasteiger partial charge in [0, 0.05) is 35.7 Å². The minimum absolute atomic E-state index is 0.131. The first kappa shape index (κ1) is 15.4. The van der Waals surface area contributed by atoms with E-state index in [2.05, 4.69) is 33.2 Å². The summed E-state index contributed by atoms with van der Waals surface area (Å²) >= 11 is 3.32. The number of hydrogen-bond donors (Lipinski definition) is 1. The summed E-state index contributed by atoms with van der Waals surface area (Å²) in [6, 6.07) is 5.65. The van der Waals surface area contributed by atoms with E-state index < -0.39 is 0 Å². The van der Waals surface area contributed by atoms with Gasteiger partial charge in [0.2, 0.25) is 0 Å². The highest BCUT2D eigenvalue weighted by Crippen LogP contribution is 2.21. The molecule has 0 bridgehead atoms. The van der Waals surface area contributed by atoms with Gasteiger partial charge in [-0.1, -0.05) is 22.4 Å². The van der Waals surface area contributed by atoms with Crippen LogP contribution < -0.4 is 5.32 Å². The maximum Gasteiger partial charge on any atom is 0.270 e. The Balaban J connectivity index is 1.89. The van der Waals surface area contributed by atoms with Crippen molar-refractivity contribution in [2.45, 2.75) is 31.8 Å². The largest absolute Gasteiger partial charge is 0.311 e. The summed E-state index contributed by atoms with van der Waals surface area (Å²) < 4.78 is 0.748. The second-order valence-electron chi connectivity index (χ2n) is 5.34. The van der Waals surface area contributed by atoms with Gasteiger partial charge < -0.3 is 10.2 Å². The van der Waals surface area contributed by atoms with Gasteiger partial charge in [0.1, 0.15) is 0 Å². The Bertz CT molecular complexity index is 481. The molecule has 110 valence electrons. The molecule has 1 heterocycles. The molecule has 1 aliphatic rings. The molecule has 1 aromatic rings. The van der Waals surface area contributed by atoms with Crippen LogP contribution in [0.25, 0.3) is 0 Å². The summed E-state index contributed by atoms with van der Waals surface area (Å²) in [5, 5.41) is 14.2. The number of halogens is 1. The number of likely N-dealkylation sites (tertiary alicyclic amines) is 1. The van der Waals surface area contributed by atoms with Crippen molar-refractivity contribution in [3.8, 4) is 0 Å². The van der Waals surface area contributed by atoms with Crippen LogP contribution >= 0.6 is 15.9 Å². The van der Waals surface area contributed by atoms with E-state index >= 15 is 0 Å². The molecule has 1 N–H and O–H groups in total. The van der Waals surface area contributed by atoms with Crippen molar-refractivity contribution in [1.29, 1.82) is 0 Å². The maximum absolute atomic E-state index is 10.8. The number of piperidine rings is 1. The molecule has 0 spiro atoms. The molecule has 0 aromatic heterocycles. The SMILES string of the molecule is CN1CCCCC1CNCc1cc(Br)cc([N+](=O)[O-])c1. The number of benzene rings is 1. The fourth-order valence-corrected chi connectivity index (χ4v) is 3.15. The van der Waals surface area contributed by atoms with Gasteiger partial charge in [-0.15, -0.1) is 0 Å². The van der Waals surface area contributed by atoms with Gasteiger partial charge in [0.25, 0.3) is 5.69 Å². The third-order valence-electron chi connectivity index (χ3n) is 3.78. The normalized spacial score (nSPS) is 20.0. The van der Waals surface area contributed by atoms with Crippen LogP contribution in [0, 0.1) is 10.1 Å². The van der Waals surface area contributed by atoms with E-state index in [1.54, 1.807) is 6.07 Å². The van der Waals surface area contributed by atoms with Gasteiger partial charge in [-0.2, -0.15) is 0 Å². The van der Waals surface area contributed by atoms with E-state index in [4.69, 9.17) is 0 Å². The Morgan fingerprint density at radius 1 is 1.45 bits per heavy atom. The standard InChI is InChI=1S/C14H20BrN3O2/c1-17-5-3-2-4-13(17)10-16-9-11-6-12(15)8-14(7-11)18(19)20/h6-8,13,16H,2-5,9-10H2,1H3. The summed E-state index contributed by atoms with van der Waals surface area (Å²) in [5.74, 6) is 0. The summed E-state index contributed by atoms with van der Waals surface area (Å²) in [6.45, 7) is 2.75. The number of non-ortho nitro benzene ring substituents is 1. The third kappa shape index (κ3) is 4.26. The summed E-state index contributed by atoms with van der Waals surface area (Å²) in [5.41, 5.74) is 1.07. The zero-order valence-electron chi connectivity index (χ0n) is 11.6. The van der Waals surface area contributed by atoms with Crippen molar-refractivity contribution < 1.29 is 4.92 Å². The van der Waals surface area contributed by atoms with Gasteiger partial charge >= 0.3 is 0 Å². The molecule has 0 amide bonds. The van der Waals surface area contributed by atoms with Crippen LogP contribution in [0.3, 0.4) is 0 Å². The fraction of sp³-hybridized carbons (Fsp3) is 0.571. The smallest absolute Gasteiger partial charge is 0.270 e. The van der Waals surface area contributed by atoms with Crippen LogP contribution in [0.1, 0.15) is 24.8 Å². The number of hydrogen-bond acceptors (Lipinski definition) is 4. The number of rotatable bonds is 5. The van der Waals surface area contributed by atoms with Gasteiger partial charge in [-0.3, -0.25) is 10.1 Å². The molecule has 20 heavy (non-hydrogen) atoms. The summed E-state index contributed by atoms with van der Waals surface area (Å²) in [4.78, 5) is 12.9. The molecule has 1 aromatic carbocycles. The number of likely N-dealkylation sites (N-methyl/N-ethyl adjacent to an activating group) is 1. The van der Waals surface area contributed by atoms with Crippen LogP contribution in [0.5, 0.6) is 0 Å². The third-order valence-corrected chi connectivity index (χ3v) is 4.24. The molecule has 1 fully saturated rings. The first-order chi connectivity index (χ1) is 9.56. The van der Waals surface area contributed by atoms with Gasteiger partial charge in [0.05, 0.1) is 4.92 Å². The predicted molar refractivity (Wildman–Crippen MR) is 82.8 cm³/mol. The Morgan fingerprint density at radius 2 is 2.25 bits per heavy atom. The second kappa shape index (κ2) is 7.15. The highest BCUT2D eigenvalue weighted by Gasteiger charge is 2.18. The number of nitro benzene ring substituents is 1. The predicted octanol–water partition coefficient (Wildman–Crippen LogP) is 2.93. The molecule has 0 aliphatic carbocycles. The Labute approximate surface area is 127 Å². The average Bonchev–Trinajstić information content (AvgIpc) is 2.40. The van der Waals surface area contributed by atoms with Gasteiger partial charge in [0.15, 0.2) is 0 Å². The lowest BCUT2D eigenvalue weighted by molar-refractivity contribution is -0.385. The average molecular weight is 342 g/mol. The highest BCUT2D eigenvalue weighted by molar-refractivity contribution is 9.10. The van der Waals surface area contributed by atoms with E-state index in [-0.39, 0.29) is 10.6 Å². The van der Waals surface area contributed by atoms with Crippen molar-refractivity contribution >= 4 is 21.6 Å². The van der Waals surface area contributed by atoms with Crippen molar-refractivity contribution in [1.82, 2.24) is 10.2 Å². The summed E-state index contributed by atoms with van der Waals surface area (Å²) in [6.07, 6.45) is 3.80. The Kier molecular flexibility index (Phi) is 5.51. The fourth-order valence-electron chi connectivity index (χ4n) is 2.63. The van der Waals surface area contributed by atoms with Crippen LogP contribution in [0.2, 0.25) is 0 Å². The van der Waals surface area contributed by atoms with Gasteiger partial charge in [-0.05, 0) is 38.1 Å². The van der Waals surface area contributed by atoms with Crippen LogP contribution in [-0.2, 0) is 6.54 Å². The minimum Gasteiger partial charge on any atom is -0.311 e. The molecule has 0 saturated carbocycles. The number of nitrogens with zero attached hydrogens (tertiary/aromatic N) is 2. The molecule has 1 aliphatic heterocycles. The second-order valence-corrected chi connectivity index (χ2v) is 6.25. The van der Waals surface area contributed by atoms with Crippen LogP contribution in [-0.4, -0.2) is 36.0 Å². The molecule has 2 rings (SSSR count). The Morgan fingerprint density at radius 3 is 2.95 bits per heavy atom. The summed E-state index contributed by atoms with van der Waals surface area (Å²) in [7, 11) is 2.16. The lowest BCUT2D eigenvalue weighted by atomic mass is 10.0. The minimum atomic E-state index is -0.358. The molecule has 1 atom stereocenters. The number of nitrogens with one attached hydrogen (secondary N) is 1. The molecule has 1 saturated heterocycles. The zero-order valence-corrected chi connectivity index (χ0v) is 13.2. The molecule has 1 unspecified atom stereocenters. The maximum atomic E-state index is 10.8. The quantitative estimate of drug-likeness (QED) is 0.660. The van der Waals surface area contributed by atoms with E-state index in [0.717, 1.165) is 23.1 Å². The lowest BCUT2D eigenvalue weighted by Crippen LogP contribution is -2.42. The van der Waals surface area contributed by atoms with E-state index in [0.29, 0.717) is 12.6 Å². The first-order valence-corrected chi connectivity index (χ1v) is 7.70. The van der Waals surface area contributed by atoms with E-state index in [9.17, 15) is 10.1 Å². The zero-order chi connectivity index (χ0) is 14.5. The molecule has 6 heteroatoms. The van der Waals surface area contributed by atoms with Crippen LogP contribution in [0.4, 0.5) is 5.69 Å². The molecular weight excluding hydrogens is 322 g/mol. The lowest BCUT2D eigenvalue weighted by Gasteiger charge is -2.32. The monoisotopic (exact) mass is 341 g/mol. The topological polar surface area (TPSA) is 58.4 Å². The molecular formula is C14H20BrN3O2. The van der Waals surface area contributed by atoms with E-state index in [1.165, 1.54) is 25.3 Å². The van der Waals surface area contributed by atoms with Crippen molar-refractivity contribution in [2.24, 2.45) is 0 Å². The van der Waals surface area contributed by atoms with Crippen molar-refractivity contribution in [3.63, 3.8) is 0 Å². The number of nitro groups is 1. The van der Waals surface area contributed by atoms with Crippen LogP contribution in [0.15, 0.2) is 22.7 Å². The van der Waals surface area contributed by atoms with Gasteiger partial charge in [-0.25, -0.2) is 0 Å². The van der Waals surface area contributed by atoms with Crippen molar-refractivity contribution in [3.05, 3.63) is 38.3 Å². The molecule has 5 nitrogen and oxygen atoms in total.